The molecule has 2 unspecified atom stereocenters. The van der Waals surface area contributed by atoms with Crippen LogP contribution in [0.2, 0.25) is 0 Å². The third kappa shape index (κ3) is 1.84. The van der Waals surface area contributed by atoms with Gasteiger partial charge >= 0.3 is 5.97 Å². The highest BCUT2D eigenvalue weighted by Gasteiger charge is 2.40. The number of nitrogens with one attached hydrogen (secondary N) is 1. The molecule has 19 heavy (non-hydrogen) atoms. The number of ether oxygens (including phenoxy) is 3. The summed E-state index contributed by atoms with van der Waals surface area (Å²) in [5, 5.41) is 0. The van der Waals surface area contributed by atoms with Crippen LogP contribution >= 0.6 is 0 Å². The summed E-state index contributed by atoms with van der Waals surface area (Å²) in [7, 11) is 2.93. The first kappa shape index (κ1) is 12.3. The molecular formula is C13H15NO5. The van der Waals surface area contributed by atoms with Gasteiger partial charge in [-0.3, -0.25) is 0 Å². The molecule has 0 aromatic heterocycles. The lowest BCUT2D eigenvalue weighted by atomic mass is 9.89. The minimum absolute atomic E-state index is 0.0760. The average molecular weight is 265 g/mol. The molecule has 1 aromatic carbocycles. The molecule has 1 N–H and O–H groups in total. The van der Waals surface area contributed by atoms with Gasteiger partial charge in [0, 0.05) is 11.5 Å². The van der Waals surface area contributed by atoms with Crippen LogP contribution in [0.1, 0.15) is 22.0 Å². The Morgan fingerprint density at radius 2 is 2.21 bits per heavy atom. The van der Waals surface area contributed by atoms with Crippen LogP contribution in [0.4, 0.5) is 0 Å². The minimum atomic E-state index is -0.392. The molecular weight excluding hydrogens is 250 g/mol. The van der Waals surface area contributed by atoms with E-state index in [1.807, 2.05) is 0 Å². The smallest absolute Gasteiger partial charge is 0.338 e. The first-order valence-electron chi connectivity index (χ1n) is 6.05. The molecule has 0 aliphatic carbocycles. The van der Waals surface area contributed by atoms with Crippen molar-refractivity contribution in [1.29, 1.82) is 0 Å². The minimum Gasteiger partial charge on any atom is -0.493 e. The molecule has 0 saturated carbocycles. The standard InChI is InChI=1S/C13H15NO5/c1-16-9-4-3-8(13(15)17-2)10-11-7(6-19-14-11)5-18-12(9)10/h3-4,7,11,14H,5-6H2,1-2H3. The maximum atomic E-state index is 11.9. The number of methoxy groups -OCH3 is 2. The van der Waals surface area contributed by atoms with Gasteiger partial charge in [-0.2, -0.15) is 5.48 Å². The van der Waals surface area contributed by atoms with Crippen LogP contribution in [0.5, 0.6) is 11.5 Å². The van der Waals surface area contributed by atoms with Gasteiger partial charge in [-0.1, -0.05) is 0 Å². The second kappa shape index (κ2) is 4.71. The van der Waals surface area contributed by atoms with E-state index in [-0.39, 0.29) is 12.0 Å². The number of carbonyl (C=O) groups excluding carboxylic acids is 1. The van der Waals surface area contributed by atoms with Gasteiger partial charge in [-0.15, -0.1) is 0 Å². The normalized spacial score (nSPS) is 24.1. The summed E-state index contributed by atoms with van der Waals surface area (Å²) in [5.74, 6) is 0.985. The fourth-order valence-corrected chi connectivity index (χ4v) is 2.55. The summed E-state index contributed by atoms with van der Waals surface area (Å²) in [6.45, 7) is 1.09. The number of benzene rings is 1. The first-order valence-corrected chi connectivity index (χ1v) is 6.05. The Morgan fingerprint density at radius 1 is 1.37 bits per heavy atom. The lowest BCUT2D eigenvalue weighted by molar-refractivity contribution is 0.0593. The zero-order valence-corrected chi connectivity index (χ0v) is 10.8. The molecule has 1 aromatic rings. The molecule has 102 valence electrons. The molecule has 6 nitrogen and oxygen atoms in total. The summed E-state index contributed by atoms with van der Waals surface area (Å²) < 4.78 is 15.8. The average Bonchev–Trinajstić information content (AvgIpc) is 2.93. The maximum absolute atomic E-state index is 11.9. The van der Waals surface area contributed by atoms with Gasteiger partial charge in [0.15, 0.2) is 11.5 Å². The Morgan fingerprint density at radius 3 is 2.95 bits per heavy atom. The number of esters is 1. The van der Waals surface area contributed by atoms with Crippen molar-refractivity contribution >= 4 is 5.97 Å². The largest absolute Gasteiger partial charge is 0.493 e. The van der Waals surface area contributed by atoms with Crippen LogP contribution < -0.4 is 15.0 Å². The Bertz CT molecular complexity index is 516. The Kier molecular flexibility index (Phi) is 3.04. The van der Waals surface area contributed by atoms with E-state index < -0.39 is 5.97 Å². The SMILES string of the molecule is COC(=O)c1ccc(OC)c2c1C1NOCC1CO2. The van der Waals surface area contributed by atoms with E-state index in [0.29, 0.717) is 30.3 Å². The molecule has 0 amide bonds. The van der Waals surface area contributed by atoms with Crippen molar-refractivity contribution < 1.29 is 23.8 Å². The summed E-state index contributed by atoms with van der Waals surface area (Å²) in [6, 6.07) is 3.32. The van der Waals surface area contributed by atoms with E-state index >= 15 is 0 Å². The fourth-order valence-electron chi connectivity index (χ4n) is 2.55. The van der Waals surface area contributed by atoms with Crippen molar-refractivity contribution in [2.45, 2.75) is 6.04 Å². The quantitative estimate of drug-likeness (QED) is 0.807. The van der Waals surface area contributed by atoms with E-state index in [1.165, 1.54) is 7.11 Å². The molecule has 2 aliphatic heterocycles. The number of hydrogen-bond acceptors (Lipinski definition) is 6. The van der Waals surface area contributed by atoms with Crippen molar-refractivity contribution in [2.24, 2.45) is 5.92 Å². The maximum Gasteiger partial charge on any atom is 0.338 e. The Hall–Kier alpha value is -1.79. The summed E-state index contributed by atoms with van der Waals surface area (Å²) >= 11 is 0. The molecule has 2 aliphatic rings. The molecule has 1 fully saturated rings. The number of hydroxylamine groups is 1. The zero-order chi connectivity index (χ0) is 13.4. The second-order valence-electron chi connectivity index (χ2n) is 4.53. The second-order valence-corrected chi connectivity index (χ2v) is 4.53. The fraction of sp³-hybridized carbons (Fsp3) is 0.462. The van der Waals surface area contributed by atoms with E-state index in [9.17, 15) is 4.79 Å². The van der Waals surface area contributed by atoms with Crippen LogP contribution in [-0.4, -0.2) is 33.4 Å². The van der Waals surface area contributed by atoms with Crippen LogP contribution in [0, 0.1) is 5.92 Å². The number of rotatable bonds is 2. The van der Waals surface area contributed by atoms with E-state index in [2.05, 4.69) is 5.48 Å². The molecule has 0 bridgehead atoms. The molecule has 3 rings (SSSR count). The van der Waals surface area contributed by atoms with Crippen molar-refractivity contribution in [1.82, 2.24) is 5.48 Å². The summed E-state index contributed by atoms with van der Waals surface area (Å²) in [5.41, 5.74) is 4.17. The third-order valence-corrected chi connectivity index (χ3v) is 3.52. The Labute approximate surface area is 110 Å². The molecule has 0 spiro atoms. The van der Waals surface area contributed by atoms with Crippen molar-refractivity contribution in [3.05, 3.63) is 23.3 Å². The molecule has 6 heteroatoms. The van der Waals surface area contributed by atoms with E-state index in [4.69, 9.17) is 19.0 Å². The van der Waals surface area contributed by atoms with Gasteiger partial charge in [0.1, 0.15) is 0 Å². The lowest BCUT2D eigenvalue weighted by Gasteiger charge is -2.29. The summed E-state index contributed by atoms with van der Waals surface area (Å²) in [6.07, 6.45) is 0. The monoisotopic (exact) mass is 265 g/mol. The van der Waals surface area contributed by atoms with Crippen LogP contribution in [0.3, 0.4) is 0 Å². The highest BCUT2D eigenvalue weighted by Crippen LogP contribution is 2.45. The lowest BCUT2D eigenvalue weighted by Crippen LogP contribution is -2.30. The van der Waals surface area contributed by atoms with E-state index in [1.54, 1.807) is 19.2 Å². The van der Waals surface area contributed by atoms with Gasteiger partial charge in [0.25, 0.3) is 0 Å². The van der Waals surface area contributed by atoms with Crippen molar-refractivity contribution in [2.75, 3.05) is 27.4 Å². The van der Waals surface area contributed by atoms with Crippen molar-refractivity contribution in [3.63, 3.8) is 0 Å². The van der Waals surface area contributed by atoms with Gasteiger partial charge in [0.05, 0.1) is 39.0 Å². The topological polar surface area (TPSA) is 66.0 Å². The number of carbonyl (C=O) groups is 1. The number of fused-ring (bicyclic) bond motifs is 3. The van der Waals surface area contributed by atoms with Gasteiger partial charge in [0.2, 0.25) is 0 Å². The molecule has 2 heterocycles. The van der Waals surface area contributed by atoms with Gasteiger partial charge < -0.3 is 19.0 Å². The highest BCUT2D eigenvalue weighted by molar-refractivity contribution is 5.92. The van der Waals surface area contributed by atoms with Crippen LogP contribution in [0.15, 0.2) is 12.1 Å². The Balaban J connectivity index is 2.16. The van der Waals surface area contributed by atoms with E-state index in [0.717, 1.165) is 5.56 Å². The predicted octanol–water partition coefficient (Wildman–Crippen LogP) is 1.07. The van der Waals surface area contributed by atoms with Gasteiger partial charge in [-0.05, 0) is 12.1 Å². The number of hydrogen-bond donors (Lipinski definition) is 1. The predicted molar refractivity (Wildman–Crippen MR) is 65.1 cm³/mol. The van der Waals surface area contributed by atoms with Crippen molar-refractivity contribution in [3.8, 4) is 11.5 Å². The van der Waals surface area contributed by atoms with Gasteiger partial charge in [-0.25, -0.2) is 4.79 Å². The summed E-state index contributed by atoms with van der Waals surface area (Å²) in [4.78, 5) is 17.2. The molecule has 0 radical (unpaired) electrons. The van der Waals surface area contributed by atoms with Crippen LogP contribution in [-0.2, 0) is 9.57 Å². The highest BCUT2D eigenvalue weighted by atomic mass is 16.7. The third-order valence-electron chi connectivity index (χ3n) is 3.52. The molecule has 2 atom stereocenters. The zero-order valence-electron chi connectivity index (χ0n) is 10.8. The molecule has 1 saturated heterocycles. The van der Waals surface area contributed by atoms with Crippen LogP contribution in [0.25, 0.3) is 0 Å². The first-order chi connectivity index (χ1) is 9.26.